The predicted octanol–water partition coefficient (Wildman–Crippen LogP) is 0.744. The van der Waals surface area contributed by atoms with Gasteiger partial charge in [-0.2, -0.15) is 0 Å². The van der Waals surface area contributed by atoms with E-state index in [4.69, 9.17) is 0 Å². The molecule has 126 valence electrons. The Labute approximate surface area is 136 Å². The van der Waals surface area contributed by atoms with Crippen molar-refractivity contribution in [3.05, 3.63) is 29.6 Å². The number of aliphatic hydroxyl groups is 1. The van der Waals surface area contributed by atoms with Crippen molar-refractivity contribution >= 4 is 20.9 Å². The van der Waals surface area contributed by atoms with Gasteiger partial charge in [-0.3, -0.25) is 4.90 Å². The highest BCUT2D eigenvalue weighted by Crippen LogP contribution is 2.19. The summed E-state index contributed by atoms with van der Waals surface area (Å²) in [5, 5.41) is 10.3. The summed E-state index contributed by atoms with van der Waals surface area (Å²) in [7, 11) is -2.88. The number of hydrogen-bond donors (Lipinski definition) is 1. The zero-order valence-corrected chi connectivity index (χ0v) is 14.4. The van der Waals surface area contributed by atoms with E-state index >= 15 is 0 Å². The molecule has 2 heterocycles. The summed E-state index contributed by atoms with van der Waals surface area (Å²) in [6.45, 7) is 6.08. The number of sulfone groups is 1. The van der Waals surface area contributed by atoms with E-state index in [1.54, 1.807) is 6.33 Å². The first kappa shape index (κ1) is 16.4. The summed E-state index contributed by atoms with van der Waals surface area (Å²) < 4.78 is 24.9. The minimum Gasteiger partial charge on any atom is -0.390 e. The van der Waals surface area contributed by atoms with Crippen molar-refractivity contribution in [2.75, 3.05) is 31.1 Å². The summed E-state index contributed by atoms with van der Waals surface area (Å²) in [5.74, 6) is 0.373. The van der Waals surface area contributed by atoms with Gasteiger partial charge in [0.2, 0.25) is 0 Å². The summed E-state index contributed by atoms with van der Waals surface area (Å²) in [4.78, 5) is 6.41. The van der Waals surface area contributed by atoms with Gasteiger partial charge in [-0.1, -0.05) is 0 Å². The maximum absolute atomic E-state index is 11.4. The summed E-state index contributed by atoms with van der Waals surface area (Å²) in [6.07, 6.45) is 1.21. The van der Waals surface area contributed by atoms with E-state index in [0.717, 1.165) is 11.0 Å². The number of fused-ring (bicyclic) bond motifs is 1. The van der Waals surface area contributed by atoms with Crippen molar-refractivity contribution in [2.45, 2.75) is 26.5 Å². The third kappa shape index (κ3) is 3.73. The molecule has 0 bridgehead atoms. The fourth-order valence-electron chi connectivity index (χ4n) is 2.97. The van der Waals surface area contributed by atoms with Gasteiger partial charge in [0, 0.05) is 19.6 Å². The standard InChI is InChI=1S/C16H23N3O3S/c1-12-7-15-16(8-13(12)2)19(11-17-15)10-14(20)9-18-3-5-23(21,22)6-4-18/h7-8,11,14,20H,3-6,9-10H2,1-2H3. The first-order valence-corrected chi connectivity index (χ1v) is 9.69. The first-order valence-electron chi connectivity index (χ1n) is 7.87. The average molecular weight is 337 g/mol. The first-order chi connectivity index (χ1) is 10.8. The molecule has 0 radical (unpaired) electrons. The van der Waals surface area contributed by atoms with Crippen LogP contribution in [-0.2, 0) is 16.4 Å². The maximum Gasteiger partial charge on any atom is 0.152 e. The van der Waals surface area contributed by atoms with Gasteiger partial charge in [0.1, 0.15) is 0 Å². The molecule has 23 heavy (non-hydrogen) atoms. The summed E-state index contributed by atoms with van der Waals surface area (Å²) >= 11 is 0. The summed E-state index contributed by atoms with van der Waals surface area (Å²) in [6, 6.07) is 4.15. The number of benzene rings is 1. The second-order valence-electron chi connectivity index (χ2n) is 6.43. The van der Waals surface area contributed by atoms with Crippen LogP contribution in [0, 0.1) is 13.8 Å². The molecule has 1 N–H and O–H groups in total. The minimum atomic E-state index is -2.88. The zero-order valence-electron chi connectivity index (χ0n) is 13.6. The van der Waals surface area contributed by atoms with Crippen LogP contribution in [0.2, 0.25) is 0 Å². The van der Waals surface area contributed by atoms with E-state index in [9.17, 15) is 13.5 Å². The van der Waals surface area contributed by atoms with Gasteiger partial charge in [0.15, 0.2) is 9.84 Å². The van der Waals surface area contributed by atoms with Crippen LogP contribution in [0.4, 0.5) is 0 Å². The lowest BCUT2D eigenvalue weighted by Crippen LogP contribution is -2.44. The van der Waals surface area contributed by atoms with Crippen LogP contribution in [0.1, 0.15) is 11.1 Å². The number of rotatable bonds is 4. The van der Waals surface area contributed by atoms with Crippen LogP contribution in [0.25, 0.3) is 11.0 Å². The summed E-state index contributed by atoms with van der Waals surface area (Å²) in [5.41, 5.74) is 4.37. The number of aliphatic hydroxyl groups excluding tert-OH is 1. The zero-order chi connectivity index (χ0) is 16.6. The molecule has 1 aliphatic rings. The third-order valence-corrected chi connectivity index (χ3v) is 6.16. The molecule has 7 heteroatoms. The molecule has 1 fully saturated rings. The molecular formula is C16H23N3O3S. The van der Waals surface area contributed by atoms with Crippen molar-refractivity contribution in [2.24, 2.45) is 0 Å². The van der Waals surface area contributed by atoms with Gasteiger partial charge in [0.05, 0.1) is 41.5 Å². The Balaban J connectivity index is 1.66. The van der Waals surface area contributed by atoms with Crippen molar-refractivity contribution in [3.63, 3.8) is 0 Å². The van der Waals surface area contributed by atoms with Gasteiger partial charge in [-0.15, -0.1) is 0 Å². The Bertz CT molecular complexity index is 799. The van der Waals surface area contributed by atoms with Gasteiger partial charge >= 0.3 is 0 Å². The second-order valence-corrected chi connectivity index (χ2v) is 8.73. The van der Waals surface area contributed by atoms with Crippen molar-refractivity contribution in [1.29, 1.82) is 0 Å². The Morgan fingerprint density at radius 3 is 2.52 bits per heavy atom. The molecule has 1 aliphatic heterocycles. The average Bonchev–Trinajstić information content (AvgIpc) is 2.84. The van der Waals surface area contributed by atoms with E-state index in [-0.39, 0.29) is 11.5 Å². The van der Waals surface area contributed by atoms with E-state index in [1.807, 2.05) is 9.47 Å². The number of β-amino-alcohol motifs (C(OH)–C–C–N with tert-alkyl or cyclic N) is 1. The number of aromatic nitrogens is 2. The van der Waals surface area contributed by atoms with Crippen LogP contribution >= 0.6 is 0 Å². The maximum atomic E-state index is 11.4. The van der Waals surface area contributed by atoms with Crippen molar-refractivity contribution < 1.29 is 13.5 Å². The van der Waals surface area contributed by atoms with Crippen molar-refractivity contribution in [3.8, 4) is 0 Å². The minimum absolute atomic E-state index is 0.187. The largest absolute Gasteiger partial charge is 0.390 e. The number of imidazole rings is 1. The number of nitrogens with zero attached hydrogens (tertiary/aromatic N) is 3. The third-order valence-electron chi connectivity index (χ3n) is 4.55. The Hall–Kier alpha value is -1.44. The van der Waals surface area contributed by atoms with Crippen LogP contribution < -0.4 is 0 Å². The van der Waals surface area contributed by atoms with Gasteiger partial charge in [-0.25, -0.2) is 13.4 Å². The Morgan fingerprint density at radius 1 is 1.17 bits per heavy atom. The van der Waals surface area contributed by atoms with Crippen LogP contribution in [0.5, 0.6) is 0 Å². The monoisotopic (exact) mass is 337 g/mol. The van der Waals surface area contributed by atoms with Crippen LogP contribution in [-0.4, -0.2) is 65.2 Å². The molecule has 1 unspecified atom stereocenters. The number of hydrogen-bond acceptors (Lipinski definition) is 5. The Kier molecular flexibility index (Phi) is 4.44. The van der Waals surface area contributed by atoms with E-state index in [0.29, 0.717) is 26.2 Å². The smallest absolute Gasteiger partial charge is 0.152 e. The molecule has 1 atom stereocenters. The lowest BCUT2D eigenvalue weighted by atomic mass is 10.1. The highest BCUT2D eigenvalue weighted by molar-refractivity contribution is 7.91. The molecule has 3 rings (SSSR count). The van der Waals surface area contributed by atoms with E-state index in [1.165, 1.54) is 11.1 Å². The van der Waals surface area contributed by atoms with E-state index in [2.05, 4.69) is 31.0 Å². The number of aryl methyl sites for hydroxylation is 2. The molecule has 1 aromatic carbocycles. The van der Waals surface area contributed by atoms with Crippen LogP contribution in [0.15, 0.2) is 18.5 Å². The lowest BCUT2D eigenvalue weighted by molar-refractivity contribution is 0.103. The predicted molar refractivity (Wildman–Crippen MR) is 90.3 cm³/mol. The molecule has 0 saturated carbocycles. The molecule has 0 amide bonds. The van der Waals surface area contributed by atoms with Crippen molar-refractivity contribution in [1.82, 2.24) is 14.5 Å². The fraction of sp³-hybridized carbons (Fsp3) is 0.562. The highest BCUT2D eigenvalue weighted by atomic mass is 32.2. The van der Waals surface area contributed by atoms with Gasteiger partial charge < -0.3 is 9.67 Å². The molecule has 0 spiro atoms. The molecule has 6 nitrogen and oxygen atoms in total. The topological polar surface area (TPSA) is 75.4 Å². The fourth-order valence-corrected chi connectivity index (χ4v) is 4.25. The van der Waals surface area contributed by atoms with Gasteiger partial charge in [0.25, 0.3) is 0 Å². The van der Waals surface area contributed by atoms with Crippen LogP contribution in [0.3, 0.4) is 0 Å². The van der Waals surface area contributed by atoms with Gasteiger partial charge in [-0.05, 0) is 37.1 Å². The SMILES string of the molecule is Cc1cc2ncn(CC(O)CN3CCS(=O)(=O)CC3)c2cc1C. The lowest BCUT2D eigenvalue weighted by Gasteiger charge is -2.28. The second kappa shape index (κ2) is 6.22. The molecular weight excluding hydrogens is 314 g/mol. The molecule has 0 aliphatic carbocycles. The molecule has 2 aromatic rings. The normalized spacial score (nSPS) is 20.0. The molecule has 1 aromatic heterocycles. The quantitative estimate of drug-likeness (QED) is 0.891. The molecule has 1 saturated heterocycles. The highest BCUT2D eigenvalue weighted by Gasteiger charge is 2.23. The van der Waals surface area contributed by atoms with E-state index < -0.39 is 15.9 Å². The Morgan fingerprint density at radius 2 is 1.83 bits per heavy atom.